The zero-order valence-electron chi connectivity index (χ0n) is 14.7. The Labute approximate surface area is 156 Å². The molecule has 0 saturated carbocycles. The molecule has 138 valence electrons. The zero-order chi connectivity index (χ0) is 19.1. The molecule has 0 atom stereocenters. The second-order valence-electron chi connectivity index (χ2n) is 5.38. The lowest BCUT2D eigenvalue weighted by molar-refractivity contribution is -0.146. The van der Waals surface area contributed by atoms with E-state index in [1.54, 1.807) is 24.4 Å². The van der Waals surface area contributed by atoms with Gasteiger partial charge in [-0.3, -0.25) is 14.6 Å². The molecule has 1 N–H and O–H groups in total. The van der Waals surface area contributed by atoms with Crippen molar-refractivity contribution in [2.24, 2.45) is 0 Å². The van der Waals surface area contributed by atoms with Gasteiger partial charge in [-0.15, -0.1) is 0 Å². The third-order valence-electron chi connectivity index (χ3n) is 3.43. The van der Waals surface area contributed by atoms with Crippen LogP contribution in [-0.4, -0.2) is 37.7 Å². The second kappa shape index (κ2) is 9.05. The van der Waals surface area contributed by atoms with E-state index in [2.05, 4.69) is 10.3 Å². The van der Waals surface area contributed by atoms with Crippen molar-refractivity contribution in [1.82, 2.24) is 4.98 Å². The van der Waals surface area contributed by atoms with Crippen LogP contribution in [0.15, 0.2) is 30.5 Å². The van der Waals surface area contributed by atoms with Gasteiger partial charge in [-0.25, -0.2) is 0 Å². The molecule has 0 fully saturated rings. The molecule has 1 amide bonds. The average molecular weight is 379 g/mol. The van der Waals surface area contributed by atoms with Crippen LogP contribution in [0.5, 0.6) is 11.5 Å². The summed E-state index contributed by atoms with van der Waals surface area (Å²) in [5, 5.41) is 2.90. The number of rotatable bonds is 7. The largest absolute Gasteiger partial charge is 0.495 e. The van der Waals surface area contributed by atoms with Gasteiger partial charge >= 0.3 is 5.97 Å². The van der Waals surface area contributed by atoms with Crippen LogP contribution in [0.25, 0.3) is 0 Å². The molecule has 0 bridgehead atoms. The van der Waals surface area contributed by atoms with Gasteiger partial charge in [0.25, 0.3) is 5.91 Å². The molecule has 0 saturated heterocycles. The van der Waals surface area contributed by atoms with Gasteiger partial charge in [0.2, 0.25) is 0 Å². The van der Waals surface area contributed by atoms with E-state index in [0.29, 0.717) is 27.8 Å². The molecule has 26 heavy (non-hydrogen) atoms. The van der Waals surface area contributed by atoms with Gasteiger partial charge in [0.15, 0.2) is 6.61 Å². The highest BCUT2D eigenvalue weighted by Gasteiger charge is 2.14. The molecule has 0 aliphatic carbocycles. The number of anilines is 1. The van der Waals surface area contributed by atoms with Crippen LogP contribution in [0.4, 0.5) is 5.69 Å². The number of nitrogens with one attached hydrogen (secondary N) is 1. The smallest absolute Gasteiger partial charge is 0.310 e. The summed E-state index contributed by atoms with van der Waals surface area (Å²) in [7, 11) is 2.93. The lowest BCUT2D eigenvalue weighted by Crippen LogP contribution is -2.22. The van der Waals surface area contributed by atoms with E-state index in [9.17, 15) is 9.59 Å². The number of carbonyl (C=O) groups excluding carboxylic acids is 2. The lowest BCUT2D eigenvalue weighted by atomic mass is 10.2. The highest BCUT2D eigenvalue weighted by atomic mass is 35.5. The Morgan fingerprint density at radius 2 is 1.88 bits per heavy atom. The number of benzene rings is 1. The third-order valence-corrected chi connectivity index (χ3v) is 3.73. The number of carbonyl (C=O) groups is 2. The van der Waals surface area contributed by atoms with Gasteiger partial charge in [0.05, 0.1) is 31.4 Å². The SMILES string of the molecule is COc1cc(OC)c(NC(=O)COC(=O)Cc2ccc(C)nc2)cc1Cl. The average Bonchev–Trinajstić information content (AvgIpc) is 2.62. The summed E-state index contributed by atoms with van der Waals surface area (Å²) in [5.41, 5.74) is 1.92. The van der Waals surface area contributed by atoms with Crippen LogP contribution in [-0.2, 0) is 20.7 Å². The highest BCUT2D eigenvalue weighted by Crippen LogP contribution is 2.35. The van der Waals surface area contributed by atoms with Crippen LogP contribution in [0.1, 0.15) is 11.3 Å². The van der Waals surface area contributed by atoms with E-state index in [-0.39, 0.29) is 6.42 Å². The van der Waals surface area contributed by atoms with Crippen LogP contribution >= 0.6 is 11.6 Å². The third kappa shape index (κ3) is 5.35. The van der Waals surface area contributed by atoms with Crippen molar-refractivity contribution in [3.63, 3.8) is 0 Å². The molecule has 1 heterocycles. The van der Waals surface area contributed by atoms with Gasteiger partial charge in [-0.2, -0.15) is 0 Å². The minimum Gasteiger partial charge on any atom is -0.495 e. The topological polar surface area (TPSA) is 86.8 Å². The highest BCUT2D eigenvalue weighted by molar-refractivity contribution is 6.32. The summed E-state index contributed by atoms with van der Waals surface area (Å²) in [6.07, 6.45) is 1.64. The van der Waals surface area contributed by atoms with E-state index < -0.39 is 18.5 Å². The standard InChI is InChI=1S/C18H19ClN2O5/c1-11-4-5-12(9-20-11)6-18(23)26-10-17(22)21-14-7-13(19)15(24-2)8-16(14)25-3/h4-5,7-9H,6,10H2,1-3H3,(H,21,22). The summed E-state index contributed by atoms with van der Waals surface area (Å²) < 4.78 is 15.3. The Kier molecular flexibility index (Phi) is 6.80. The van der Waals surface area contributed by atoms with E-state index in [0.717, 1.165) is 5.69 Å². The van der Waals surface area contributed by atoms with E-state index in [1.165, 1.54) is 20.3 Å². The molecule has 7 nitrogen and oxygen atoms in total. The Hall–Kier alpha value is -2.80. The molecular formula is C18H19ClN2O5. The number of methoxy groups -OCH3 is 2. The fraction of sp³-hybridized carbons (Fsp3) is 0.278. The van der Waals surface area contributed by atoms with Gasteiger partial charge in [-0.1, -0.05) is 17.7 Å². The van der Waals surface area contributed by atoms with Crippen molar-refractivity contribution in [2.45, 2.75) is 13.3 Å². The van der Waals surface area contributed by atoms with Gasteiger partial charge in [0, 0.05) is 18.0 Å². The zero-order valence-corrected chi connectivity index (χ0v) is 15.4. The Morgan fingerprint density at radius 1 is 1.15 bits per heavy atom. The van der Waals surface area contributed by atoms with Gasteiger partial charge in [0.1, 0.15) is 11.5 Å². The number of halogens is 1. The summed E-state index contributed by atoms with van der Waals surface area (Å²) >= 11 is 6.05. The molecule has 1 aromatic heterocycles. The minimum absolute atomic E-state index is 0.0399. The Balaban J connectivity index is 1.91. The minimum atomic E-state index is -0.523. The molecule has 0 aliphatic heterocycles. The first-order valence-electron chi connectivity index (χ1n) is 7.71. The fourth-order valence-electron chi connectivity index (χ4n) is 2.11. The van der Waals surface area contributed by atoms with Crippen LogP contribution in [0, 0.1) is 6.92 Å². The van der Waals surface area contributed by atoms with Crippen molar-refractivity contribution in [2.75, 3.05) is 26.1 Å². The quantitative estimate of drug-likeness (QED) is 0.745. The summed E-state index contributed by atoms with van der Waals surface area (Å²) in [6.45, 7) is 1.43. The first-order chi connectivity index (χ1) is 12.4. The predicted molar refractivity (Wildman–Crippen MR) is 96.8 cm³/mol. The molecule has 8 heteroatoms. The summed E-state index contributed by atoms with van der Waals surface area (Å²) in [6, 6.07) is 6.63. The number of nitrogens with zero attached hydrogens (tertiary/aromatic N) is 1. The fourth-order valence-corrected chi connectivity index (χ4v) is 2.35. The summed E-state index contributed by atoms with van der Waals surface area (Å²) in [4.78, 5) is 27.9. The number of pyridine rings is 1. The van der Waals surface area contributed by atoms with Crippen molar-refractivity contribution in [3.8, 4) is 11.5 Å². The molecule has 2 aromatic rings. The van der Waals surface area contributed by atoms with Gasteiger partial charge in [-0.05, 0) is 24.6 Å². The van der Waals surface area contributed by atoms with Crippen LogP contribution in [0.2, 0.25) is 5.02 Å². The number of aromatic nitrogens is 1. The maximum absolute atomic E-state index is 12.0. The first-order valence-corrected chi connectivity index (χ1v) is 8.09. The number of hydrogen-bond acceptors (Lipinski definition) is 6. The number of amides is 1. The molecule has 0 spiro atoms. The summed E-state index contributed by atoms with van der Waals surface area (Å²) in [5.74, 6) is -0.248. The van der Waals surface area contributed by atoms with E-state index >= 15 is 0 Å². The van der Waals surface area contributed by atoms with Crippen molar-refractivity contribution in [1.29, 1.82) is 0 Å². The Morgan fingerprint density at radius 3 is 2.50 bits per heavy atom. The number of esters is 1. The van der Waals surface area contributed by atoms with Crippen molar-refractivity contribution < 1.29 is 23.8 Å². The number of ether oxygens (including phenoxy) is 3. The molecule has 2 rings (SSSR count). The lowest BCUT2D eigenvalue weighted by Gasteiger charge is -2.13. The Bertz CT molecular complexity index is 793. The maximum Gasteiger partial charge on any atom is 0.310 e. The maximum atomic E-state index is 12.0. The molecular weight excluding hydrogens is 360 g/mol. The second-order valence-corrected chi connectivity index (χ2v) is 5.79. The van der Waals surface area contributed by atoms with Crippen LogP contribution in [0.3, 0.4) is 0 Å². The van der Waals surface area contributed by atoms with Crippen molar-refractivity contribution in [3.05, 3.63) is 46.7 Å². The monoisotopic (exact) mass is 378 g/mol. The first kappa shape index (κ1) is 19.5. The van der Waals surface area contributed by atoms with Crippen LogP contribution < -0.4 is 14.8 Å². The normalized spacial score (nSPS) is 10.2. The molecule has 0 unspecified atom stereocenters. The molecule has 0 radical (unpaired) electrons. The van der Waals surface area contributed by atoms with E-state index in [4.69, 9.17) is 25.8 Å². The number of aryl methyl sites for hydroxylation is 1. The van der Waals surface area contributed by atoms with Crippen molar-refractivity contribution >= 4 is 29.2 Å². The number of hydrogen-bond donors (Lipinski definition) is 1. The van der Waals surface area contributed by atoms with E-state index in [1.807, 2.05) is 6.92 Å². The predicted octanol–water partition coefficient (Wildman–Crippen LogP) is 2.79. The van der Waals surface area contributed by atoms with Gasteiger partial charge < -0.3 is 19.5 Å². The molecule has 0 aliphatic rings. The molecule has 1 aromatic carbocycles.